The van der Waals surface area contributed by atoms with Crippen LogP contribution in [0.4, 0.5) is 17.1 Å². The average molecular weight is 734 g/mol. The highest BCUT2D eigenvalue weighted by Crippen LogP contribution is 2.40. The molecule has 0 atom stereocenters. The van der Waals surface area contributed by atoms with Gasteiger partial charge in [0.25, 0.3) is 0 Å². The predicted molar refractivity (Wildman–Crippen MR) is 229 cm³/mol. The minimum absolute atomic E-state index is 0.589. The third kappa shape index (κ3) is 5.77. The summed E-state index contributed by atoms with van der Waals surface area (Å²) in [6.45, 7) is 0. The van der Waals surface area contributed by atoms with Crippen LogP contribution in [0.2, 0.25) is 0 Å². The van der Waals surface area contributed by atoms with E-state index >= 15 is 0 Å². The molecule has 11 rings (SSSR count). The zero-order valence-corrected chi connectivity index (χ0v) is 30.5. The monoisotopic (exact) mass is 733 g/mol. The highest BCUT2D eigenvalue weighted by Gasteiger charge is 2.18. The number of rotatable bonds is 7. The van der Waals surface area contributed by atoms with E-state index in [1.54, 1.807) is 6.20 Å². The van der Waals surface area contributed by atoms with E-state index in [0.29, 0.717) is 11.6 Å². The third-order valence-corrected chi connectivity index (χ3v) is 10.4. The van der Waals surface area contributed by atoms with E-state index in [0.717, 1.165) is 94.6 Å². The van der Waals surface area contributed by atoms with Gasteiger partial charge in [0.15, 0.2) is 5.58 Å². The van der Waals surface area contributed by atoms with Crippen LogP contribution in [0.25, 0.3) is 89.2 Å². The van der Waals surface area contributed by atoms with Crippen LogP contribution in [0.15, 0.2) is 197 Å². The van der Waals surface area contributed by atoms with Crippen molar-refractivity contribution in [1.82, 2.24) is 19.9 Å². The van der Waals surface area contributed by atoms with Gasteiger partial charge in [-0.25, -0.2) is 15.0 Å². The molecule has 0 unspecified atom stereocenters. The van der Waals surface area contributed by atoms with Crippen LogP contribution in [0.3, 0.4) is 0 Å². The van der Waals surface area contributed by atoms with Gasteiger partial charge in [-0.3, -0.25) is 4.98 Å². The van der Waals surface area contributed by atoms with Crippen molar-refractivity contribution >= 4 is 61.3 Å². The first kappa shape index (κ1) is 32.5. The Hall–Kier alpha value is -7.90. The molecule has 57 heavy (non-hydrogen) atoms. The summed E-state index contributed by atoms with van der Waals surface area (Å²) in [5.41, 5.74) is 14.8. The first-order valence-corrected chi connectivity index (χ1v) is 18.8. The normalized spacial score (nSPS) is 11.5. The van der Waals surface area contributed by atoms with Gasteiger partial charge in [0.1, 0.15) is 11.1 Å². The minimum Gasteiger partial charge on any atom is -0.437 e. The fraction of sp³-hybridized carbons (Fsp3) is 0. The maximum Gasteiger partial charge on any atom is 0.227 e. The van der Waals surface area contributed by atoms with Gasteiger partial charge in [0.05, 0.1) is 16.7 Å². The second-order valence-electron chi connectivity index (χ2n) is 13.9. The maximum absolute atomic E-state index is 6.28. The molecule has 6 aromatic carbocycles. The number of oxazole rings is 1. The molecule has 0 spiro atoms. The molecular formula is C50H31N5O2. The van der Waals surface area contributed by atoms with Crippen LogP contribution in [0.1, 0.15) is 0 Å². The molecule has 7 heteroatoms. The molecule has 268 valence electrons. The van der Waals surface area contributed by atoms with Crippen LogP contribution < -0.4 is 4.90 Å². The first-order valence-electron chi connectivity index (χ1n) is 18.8. The zero-order chi connectivity index (χ0) is 37.7. The van der Waals surface area contributed by atoms with Crippen molar-refractivity contribution in [1.29, 1.82) is 0 Å². The summed E-state index contributed by atoms with van der Waals surface area (Å²) in [5.74, 6) is 0.589. The molecule has 0 radical (unpaired) electrons. The quantitative estimate of drug-likeness (QED) is 0.161. The van der Waals surface area contributed by atoms with Gasteiger partial charge in [-0.1, -0.05) is 84.9 Å². The van der Waals surface area contributed by atoms with E-state index in [-0.39, 0.29) is 0 Å². The fourth-order valence-electron chi connectivity index (χ4n) is 7.67. The van der Waals surface area contributed by atoms with E-state index in [1.807, 2.05) is 54.7 Å². The van der Waals surface area contributed by atoms with Gasteiger partial charge in [0.2, 0.25) is 11.6 Å². The Kier molecular flexibility index (Phi) is 7.67. The Labute approximate surface area is 327 Å². The number of hydrogen-bond acceptors (Lipinski definition) is 7. The summed E-state index contributed by atoms with van der Waals surface area (Å²) in [4.78, 5) is 21.2. The number of fused-ring (bicyclic) bond motifs is 5. The molecule has 0 saturated heterocycles. The highest BCUT2D eigenvalue weighted by atomic mass is 16.3. The lowest BCUT2D eigenvalue weighted by atomic mass is 10.0. The van der Waals surface area contributed by atoms with E-state index < -0.39 is 0 Å². The zero-order valence-electron chi connectivity index (χ0n) is 30.5. The molecule has 7 nitrogen and oxygen atoms in total. The van der Waals surface area contributed by atoms with Gasteiger partial charge in [-0.05, 0) is 102 Å². The van der Waals surface area contributed by atoms with Crippen LogP contribution in [0, 0.1) is 0 Å². The van der Waals surface area contributed by atoms with Crippen molar-refractivity contribution in [2.45, 2.75) is 0 Å². The van der Waals surface area contributed by atoms with Crippen molar-refractivity contribution in [3.63, 3.8) is 0 Å². The Bertz CT molecular complexity index is 3190. The Morgan fingerprint density at radius 2 is 1.05 bits per heavy atom. The molecular weight excluding hydrogens is 703 g/mol. The molecule has 0 aliphatic carbocycles. The lowest BCUT2D eigenvalue weighted by molar-refractivity contribution is 0.620. The molecule has 11 aromatic rings. The van der Waals surface area contributed by atoms with E-state index in [9.17, 15) is 0 Å². The van der Waals surface area contributed by atoms with Crippen LogP contribution in [0.5, 0.6) is 0 Å². The molecule has 0 N–H and O–H groups in total. The second kappa shape index (κ2) is 13.4. The Balaban J connectivity index is 0.992. The van der Waals surface area contributed by atoms with Crippen molar-refractivity contribution in [3.8, 4) is 45.0 Å². The Morgan fingerprint density at radius 1 is 0.421 bits per heavy atom. The fourth-order valence-corrected chi connectivity index (χ4v) is 7.67. The van der Waals surface area contributed by atoms with Crippen LogP contribution >= 0.6 is 0 Å². The number of pyridine rings is 3. The summed E-state index contributed by atoms with van der Waals surface area (Å²) in [6, 6.07) is 60.1. The third-order valence-electron chi connectivity index (χ3n) is 10.4. The average Bonchev–Trinajstić information content (AvgIpc) is 3.90. The standard InChI is InChI=1S/C50H31N5O2/c1-2-9-32(10-3-1)42-31-45(53-44-15-8-29-51-47(42)44)34-19-25-37(26-20-34)55(38-27-21-35(22-28-38)49-54-43-14-4-5-16-46(43)56-49)36-23-17-33(18-24-36)39-11-6-12-40-41-13-7-30-52-50(41)57-48(39)40/h1-31H. The van der Waals surface area contributed by atoms with Crippen LogP contribution in [-0.4, -0.2) is 19.9 Å². The number of aromatic nitrogens is 4. The lowest BCUT2D eigenvalue weighted by Gasteiger charge is -2.26. The SMILES string of the molecule is c1ccc(-c2cc(-c3ccc(N(c4ccc(-c5nc6ccccc6o5)cc4)c4ccc(-c5cccc6c5oc5ncccc56)cc4)cc3)nc3cccnc23)cc1. The molecule has 5 aromatic heterocycles. The van der Waals surface area contributed by atoms with Crippen molar-refractivity contribution in [3.05, 3.63) is 188 Å². The van der Waals surface area contributed by atoms with Gasteiger partial charge in [-0.15, -0.1) is 0 Å². The topological polar surface area (TPSA) is 81.1 Å². The van der Waals surface area contributed by atoms with Crippen molar-refractivity contribution in [2.75, 3.05) is 4.90 Å². The van der Waals surface area contributed by atoms with Gasteiger partial charge >= 0.3 is 0 Å². The number of anilines is 3. The summed E-state index contributed by atoms with van der Waals surface area (Å²) in [5, 5.41) is 2.06. The number of benzene rings is 6. The predicted octanol–water partition coefficient (Wildman–Crippen LogP) is 13.2. The molecule has 0 aliphatic heterocycles. The van der Waals surface area contributed by atoms with Crippen molar-refractivity contribution < 1.29 is 8.83 Å². The Morgan fingerprint density at radius 3 is 1.82 bits per heavy atom. The van der Waals surface area contributed by atoms with Crippen LogP contribution in [-0.2, 0) is 0 Å². The summed E-state index contributed by atoms with van der Waals surface area (Å²) < 4.78 is 12.4. The van der Waals surface area contributed by atoms with E-state index in [4.69, 9.17) is 23.8 Å². The number of furan rings is 1. The smallest absolute Gasteiger partial charge is 0.227 e. The number of para-hydroxylation sites is 3. The number of hydrogen-bond donors (Lipinski definition) is 0. The molecule has 0 saturated carbocycles. The second-order valence-corrected chi connectivity index (χ2v) is 13.9. The molecule has 0 aliphatic rings. The largest absolute Gasteiger partial charge is 0.437 e. The highest BCUT2D eigenvalue weighted by molar-refractivity contribution is 6.08. The lowest BCUT2D eigenvalue weighted by Crippen LogP contribution is -2.09. The molecule has 0 amide bonds. The summed E-state index contributed by atoms with van der Waals surface area (Å²) >= 11 is 0. The van der Waals surface area contributed by atoms with Gasteiger partial charge in [0, 0.05) is 62.5 Å². The molecule has 0 bridgehead atoms. The van der Waals surface area contributed by atoms with Gasteiger partial charge in [-0.2, -0.15) is 0 Å². The van der Waals surface area contributed by atoms with Gasteiger partial charge < -0.3 is 13.7 Å². The maximum atomic E-state index is 6.28. The minimum atomic E-state index is 0.589. The summed E-state index contributed by atoms with van der Waals surface area (Å²) in [7, 11) is 0. The van der Waals surface area contributed by atoms with E-state index in [1.165, 1.54) is 0 Å². The van der Waals surface area contributed by atoms with E-state index in [2.05, 4.69) is 137 Å². The summed E-state index contributed by atoms with van der Waals surface area (Å²) in [6.07, 6.45) is 3.58. The van der Waals surface area contributed by atoms with Crippen molar-refractivity contribution in [2.24, 2.45) is 0 Å². The number of nitrogens with zero attached hydrogens (tertiary/aromatic N) is 5. The molecule has 5 heterocycles. The first-order chi connectivity index (χ1) is 28.2. The molecule has 0 fully saturated rings.